The lowest BCUT2D eigenvalue weighted by Gasteiger charge is -2.16. The standard InChI is InChI=1S/C16H20N4O3/c1-11(21)9-17-14-8-15(19-10-18-14)20-13(16(22)23)7-12-5-3-2-4-6-12/h2-6,8,10-11,13,21H,7,9H2,1H3,(H,22,23)(H2,17,18,19,20)/t11?,13-/m1/s1. The van der Waals surface area contributed by atoms with Crippen LogP contribution >= 0.6 is 0 Å². The lowest BCUT2D eigenvalue weighted by atomic mass is 10.1. The van der Waals surface area contributed by atoms with Gasteiger partial charge in [-0.05, 0) is 12.5 Å². The predicted octanol–water partition coefficient (Wildman–Crippen LogP) is 1.38. The van der Waals surface area contributed by atoms with E-state index in [0.717, 1.165) is 5.56 Å². The fourth-order valence-electron chi connectivity index (χ4n) is 2.01. The maximum Gasteiger partial charge on any atom is 0.326 e. The summed E-state index contributed by atoms with van der Waals surface area (Å²) in [6.45, 7) is 2.01. The second-order valence-electron chi connectivity index (χ2n) is 5.24. The molecule has 7 heteroatoms. The molecule has 0 saturated carbocycles. The van der Waals surface area contributed by atoms with Gasteiger partial charge in [0.1, 0.15) is 24.0 Å². The van der Waals surface area contributed by atoms with E-state index in [9.17, 15) is 15.0 Å². The molecule has 23 heavy (non-hydrogen) atoms. The topological polar surface area (TPSA) is 107 Å². The molecule has 0 aliphatic heterocycles. The number of anilines is 2. The van der Waals surface area contributed by atoms with Crippen LogP contribution in [0.15, 0.2) is 42.7 Å². The van der Waals surface area contributed by atoms with Crippen LogP contribution in [0, 0.1) is 0 Å². The number of carboxylic acids is 1. The Hall–Kier alpha value is -2.67. The second-order valence-corrected chi connectivity index (χ2v) is 5.24. The highest BCUT2D eigenvalue weighted by molar-refractivity contribution is 5.77. The average Bonchev–Trinajstić information content (AvgIpc) is 2.53. The number of rotatable bonds is 8. The van der Waals surface area contributed by atoms with Gasteiger partial charge in [0, 0.05) is 19.0 Å². The molecule has 4 N–H and O–H groups in total. The molecule has 1 heterocycles. The van der Waals surface area contributed by atoms with Gasteiger partial charge >= 0.3 is 5.97 Å². The summed E-state index contributed by atoms with van der Waals surface area (Å²) >= 11 is 0. The minimum atomic E-state index is -0.953. The quantitative estimate of drug-likeness (QED) is 0.582. The minimum absolute atomic E-state index is 0.344. The third kappa shape index (κ3) is 5.55. The summed E-state index contributed by atoms with van der Waals surface area (Å²) in [5.41, 5.74) is 0.925. The molecule has 0 fully saturated rings. The first kappa shape index (κ1) is 16.7. The average molecular weight is 316 g/mol. The summed E-state index contributed by atoms with van der Waals surface area (Å²) in [6, 6.07) is 10.2. The van der Waals surface area contributed by atoms with E-state index < -0.39 is 18.1 Å². The van der Waals surface area contributed by atoms with Crippen molar-refractivity contribution < 1.29 is 15.0 Å². The Bertz CT molecular complexity index is 634. The van der Waals surface area contributed by atoms with Gasteiger partial charge in [-0.2, -0.15) is 0 Å². The Balaban J connectivity index is 2.05. The first-order valence-electron chi connectivity index (χ1n) is 7.32. The lowest BCUT2D eigenvalue weighted by molar-refractivity contribution is -0.137. The number of nitrogens with one attached hydrogen (secondary N) is 2. The van der Waals surface area contributed by atoms with Crippen LogP contribution in [0.1, 0.15) is 12.5 Å². The van der Waals surface area contributed by atoms with E-state index in [2.05, 4.69) is 20.6 Å². The molecular formula is C16H20N4O3. The van der Waals surface area contributed by atoms with Crippen LogP contribution in [-0.2, 0) is 11.2 Å². The Kier molecular flexibility index (Phi) is 5.87. The highest BCUT2D eigenvalue weighted by Gasteiger charge is 2.18. The van der Waals surface area contributed by atoms with Crippen LogP contribution in [-0.4, -0.2) is 44.8 Å². The van der Waals surface area contributed by atoms with Crippen molar-refractivity contribution in [1.82, 2.24) is 9.97 Å². The Labute approximate surface area is 134 Å². The molecule has 0 aliphatic carbocycles. The zero-order valence-electron chi connectivity index (χ0n) is 12.8. The number of aliphatic carboxylic acids is 1. The predicted molar refractivity (Wildman–Crippen MR) is 87.4 cm³/mol. The first-order chi connectivity index (χ1) is 11.0. The van der Waals surface area contributed by atoms with E-state index in [1.807, 2.05) is 30.3 Å². The molecule has 0 bridgehead atoms. The molecule has 1 unspecified atom stereocenters. The van der Waals surface area contributed by atoms with E-state index in [-0.39, 0.29) is 0 Å². The number of aliphatic hydroxyl groups is 1. The van der Waals surface area contributed by atoms with E-state index in [1.54, 1.807) is 13.0 Å². The highest BCUT2D eigenvalue weighted by Crippen LogP contribution is 2.12. The Morgan fingerprint density at radius 3 is 2.57 bits per heavy atom. The lowest BCUT2D eigenvalue weighted by Crippen LogP contribution is -2.32. The van der Waals surface area contributed by atoms with Crippen molar-refractivity contribution in [2.75, 3.05) is 17.2 Å². The number of aromatic nitrogens is 2. The normalized spacial score (nSPS) is 13.1. The SMILES string of the molecule is CC(O)CNc1cc(N[C@H](Cc2ccccc2)C(=O)O)ncn1. The summed E-state index contributed by atoms with van der Waals surface area (Å²) < 4.78 is 0. The summed E-state index contributed by atoms with van der Waals surface area (Å²) in [5.74, 6) is -0.0189. The Morgan fingerprint density at radius 1 is 1.22 bits per heavy atom. The van der Waals surface area contributed by atoms with Gasteiger partial charge in [0.2, 0.25) is 0 Å². The van der Waals surface area contributed by atoms with Crippen LogP contribution in [0.4, 0.5) is 11.6 Å². The summed E-state index contributed by atoms with van der Waals surface area (Å²) in [6.07, 6.45) is 1.18. The zero-order valence-corrected chi connectivity index (χ0v) is 12.8. The summed E-state index contributed by atoms with van der Waals surface area (Å²) in [5, 5.41) is 24.5. The molecule has 1 aromatic heterocycles. The fourth-order valence-corrected chi connectivity index (χ4v) is 2.01. The van der Waals surface area contributed by atoms with Crippen molar-refractivity contribution in [1.29, 1.82) is 0 Å². The van der Waals surface area contributed by atoms with Crippen molar-refractivity contribution in [3.05, 3.63) is 48.3 Å². The minimum Gasteiger partial charge on any atom is -0.480 e. The number of nitrogens with zero attached hydrogens (tertiary/aromatic N) is 2. The molecular weight excluding hydrogens is 296 g/mol. The molecule has 1 aromatic carbocycles. The number of carbonyl (C=O) groups is 1. The second kappa shape index (κ2) is 8.09. The van der Waals surface area contributed by atoms with Crippen LogP contribution in [0.25, 0.3) is 0 Å². The van der Waals surface area contributed by atoms with Crippen LogP contribution in [0.3, 0.4) is 0 Å². The molecule has 7 nitrogen and oxygen atoms in total. The number of benzene rings is 1. The molecule has 2 aromatic rings. The van der Waals surface area contributed by atoms with Crippen molar-refractivity contribution in [3.8, 4) is 0 Å². The molecule has 0 aliphatic rings. The van der Waals surface area contributed by atoms with Gasteiger partial charge in [0.15, 0.2) is 0 Å². The highest BCUT2D eigenvalue weighted by atomic mass is 16.4. The largest absolute Gasteiger partial charge is 0.480 e. The molecule has 0 radical (unpaired) electrons. The van der Waals surface area contributed by atoms with Gasteiger partial charge in [0.05, 0.1) is 6.10 Å². The molecule has 2 atom stereocenters. The molecule has 0 saturated heterocycles. The van der Waals surface area contributed by atoms with E-state index >= 15 is 0 Å². The number of aliphatic hydroxyl groups excluding tert-OH is 1. The van der Waals surface area contributed by atoms with Gasteiger partial charge in [-0.3, -0.25) is 0 Å². The monoisotopic (exact) mass is 316 g/mol. The van der Waals surface area contributed by atoms with Crippen molar-refractivity contribution in [3.63, 3.8) is 0 Å². The van der Waals surface area contributed by atoms with Gasteiger partial charge in [-0.15, -0.1) is 0 Å². The van der Waals surface area contributed by atoms with Gasteiger partial charge < -0.3 is 20.8 Å². The number of carboxylic acid groups (broad SMARTS) is 1. The first-order valence-corrected chi connectivity index (χ1v) is 7.32. The third-order valence-corrected chi connectivity index (χ3v) is 3.15. The number of hydrogen-bond acceptors (Lipinski definition) is 6. The van der Waals surface area contributed by atoms with Gasteiger partial charge in [-0.1, -0.05) is 30.3 Å². The van der Waals surface area contributed by atoms with Crippen molar-refractivity contribution in [2.45, 2.75) is 25.5 Å². The molecule has 0 amide bonds. The van der Waals surface area contributed by atoms with E-state index in [4.69, 9.17) is 0 Å². The van der Waals surface area contributed by atoms with E-state index in [1.165, 1.54) is 6.33 Å². The number of hydrogen-bond donors (Lipinski definition) is 4. The molecule has 0 spiro atoms. The van der Waals surface area contributed by atoms with Crippen molar-refractivity contribution >= 4 is 17.6 Å². The van der Waals surface area contributed by atoms with Gasteiger partial charge in [-0.25, -0.2) is 14.8 Å². The molecule has 2 rings (SSSR count). The summed E-state index contributed by atoms with van der Waals surface area (Å²) in [7, 11) is 0. The fraction of sp³-hybridized carbons (Fsp3) is 0.312. The maximum atomic E-state index is 11.5. The molecule has 122 valence electrons. The van der Waals surface area contributed by atoms with Crippen LogP contribution in [0.2, 0.25) is 0 Å². The van der Waals surface area contributed by atoms with E-state index in [0.29, 0.717) is 24.6 Å². The zero-order chi connectivity index (χ0) is 16.7. The van der Waals surface area contributed by atoms with Crippen LogP contribution < -0.4 is 10.6 Å². The van der Waals surface area contributed by atoms with Crippen molar-refractivity contribution in [2.24, 2.45) is 0 Å². The third-order valence-electron chi connectivity index (χ3n) is 3.15. The summed E-state index contributed by atoms with van der Waals surface area (Å²) in [4.78, 5) is 19.5. The smallest absolute Gasteiger partial charge is 0.326 e. The van der Waals surface area contributed by atoms with Gasteiger partial charge in [0.25, 0.3) is 0 Å². The van der Waals surface area contributed by atoms with Crippen LogP contribution in [0.5, 0.6) is 0 Å². The Morgan fingerprint density at radius 2 is 1.91 bits per heavy atom. The maximum absolute atomic E-state index is 11.5.